The summed E-state index contributed by atoms with van der Waals surface area (Å²) in [6, 6.07) is 2.28. The second-order valence-corrected chi connectivity index (χ2v) is 6.74. The van der Waals surface area contributed by atoms with Crippen LogP contribution in [0.3, 0.4) is 0 Å². The molecule has 0 spiro atoms. The van der Waals surface area contributed by atoms with Crippen molar-refractivity contribution in [3.63, 3.8) is 0 Å². The van der Waals surface area contributed by atoms with Gasteiger partial charge in [-0.1, -0.05) is 11.8 Å². The Hall–Kier alpha value is -1.35. The van der Waals surface area contributed by atoms with Crippen LogP contribution in [0.15, 0.2) is 6.07 Å². The molecule has 21 heavy (non-hydrogen) atoms. The van der Waals surface area contributed by atoms with Gasteiger partial charge in [-0.25, -0.2) is 0 Å². The van der Waals surface area contributed by atoms with E-state index in [0.717, 1.165) is 41.2 Å². The molecule has 2 N–H and O–H groups in total. The topological polar surface area (TPSA) is 49.6 Å². The van der Waals surface area contributed by atoms with Crippen molar-refractivity contribution < 1.29 is 4.79 Å². The number of aryl methyl sites for hydroxylation is 1. The van der Waals surface area contributed by atoms with Gasteiger partial charge in [0.1, 0.15) is 0 Å². The van der Waals surface area contributed by atoms with Gasteiger partial charge in [-0.05, 0) is 45.5 Å². The van der Waals surface area contributed by atoms with Crippen LogP contribution in [0.4, 0.5) is 0 Å². The summed E-state index contributed by atoms with van der Waals surface area (Å²) in [6.07, 6.45) is 2.18. The predicted molar refractivity (Wildman–Crippen MR) is 87.6 cm³/mol. The Balaban J connectivity index is 2.16. The number of nitrogens with two attached hydrogens (primary N) is 1. The van der Waals surface area contributed by atoms with E-state index >= 15 is 0 Å². The Morgan fingerprint density at radius 2 is 2.33 bits per heavy atom. The summed E-state index contributed by atoms with van der Waals surface area (Å²) < 4.78 is 0. The molecule has 1 atom stereocenters. The zero-order valence-electron chi connectivity index (χ0n) is 13.0. The number of likely N-dealkylation sites (N-methyl/N-ethyl adjacent to an activating group) is 1. The first-order valence-electron chi connectivity index (χ1n) is 7.28. The quantitative estimate of drug-likeness (QED) is 0.862. The number of nitrogens with zero attached hydrogens (tertiary/aromatic N) is 2. The highest BCUT2D eigenvalue weighted by atomic mass is 32.1. The van der Waals surface area contributed by atoms with E-state index in [4.69, 9.17) is 5.73 Å². The van der Waals surface area contributed by atoms with Crippen LogP contribution >= 0.6 is 11.3 Å². The largest absolute Gasteiger partial charge is 0.334 e. The van der Waals surface area contributed by atoms with Crippen molar-refractivity contribution in [1.82, 2.24) is 9.80 Å². The number of likely N-dealkylation sites (tertiary alicyclic amines) is 1. The van der Waals surface area contributed by atoms with E-state index in [1.165, 1.54) is 11.3 Å². The first kappa shape index (κ1) is 16.0. The van der Waals surface area contributed by atoms with Crippen molar-refractivity contribution in [3.8, 4) is 11.8 Å². The molecule has 1 amide bonds. The van der Waals surface area contributed by atoms with Crippen LogP contribution in [0.5, 0.6) is 0 Å². The molecule has 1 aliphatic heterocycles. The summed E-state index contributed by atoms with van der Waals surface area (Å²) >= 11 is 1.48. The van der Waals surface area contributed by atoms with Gasteiger partial charge in [0, 0.05) is 19.1 Å². The van der Waals surface area contributed by atoms with Crippen LogP contribution in [0.25, 0.3) is 0 Å². The summed E-state index contributed by atoms with van der Waals surface area (Å²) in [4.78, 5) is 18.6. The molecule has 1 unspecified atom stereocenters. The van der Waals surface area contributed by atoms with Gasteiger partial charge in [-0.3, -0.25) is 4.79 Å². The molecule has 1 fully saturated rings. The summed E-state index contributed by atoms with van der Waals surface area (Å²) in [7, 11) is 4.10. The fourth-order valence-electron chi connectivity index (χ4n) is 2.70. The van der Waals surface area contributed by atoms with Crippen molar-refractivity contribution >= 4 is 17.2 Å². The van der Waals surface area contributed by atoms with Crippen LogP contribution in [-0.2, 0) is 0 Å². The Morgan fingerprint density at radius 3 is 3.00 bits per heavy atom. The molecule has 5 heteroatoms. The van der Waals surface area contributed by atoms with Crippen molar-refractivity contribution in [2.24, 2.45) is 5.73 Å². The molecule has 0 radical (unpaired) electrons. The Bertz CT molecular complexity index is 568. The molecule has 0 aliphatic carbocycles. The minimum atomic E-state index is 0.147. The maximum atomic E-state index is 12.7. The maximum Gasteiger partial charge on any atom is 0.264 e. The van der Waals surface area contributed by atoms with E-state index < -0.39 is 0 Å². The smallest absolute Gasteiger partial charge is 0.264 e. The zero-order chi connectivity index (χ0) is 15.4. The van der Waals surface area contributed by atoms with Gasteiger partial charge in [0.05, 0.1) is 16.3 Å². The van der Waals surface area contributed by atoms with Crippen molar-refractivity contribution in [1.29, 1.82) is 0 Å². The van der Waals surface area contributed by atoms with E-state index in [0.29, 0.717) is 12.6 Å². The SMILES string of the molecule is Cc1cc(C(=O)N2CCCC2CN(C)C)sc1C#CCN. The molecular weight excluding hydrogens is 282 g/mol. The molecular formula is C16H23N3OS. The minimum Gasteiger partial charge on any atom is -0.334 e. The molecule has 1 aliphatic rings. The van der Waals surface area contributed by atoms with Crippen LogP contribution in [0, 0.1) is 18.8 Å². The van der Waals surface area contributed by atoms with Crippen molar-refractivity contribution in [2.45, 2.75) is 25.8 Å². The number of thiophene rings is 1. The van der Waals surface area contributed by atoms with E-state index in [1.807, 2.05) is 17.9 Å². The minimum absolute atomic E-state index is 0.147. The van der Waals surface area contributed by atoms with Crippen LogP contribution in [0.1, 0.15) is 33.0 Å². The predicted octanol–water partition coefficient (Wildman–Crippen LogP) is 1.53. The second kappa shape index (κ2) is 7.08. The van der Waals surface area contributed by atoms with E-state index in [1.54, 1.807) is 0 Å². The molecule has 114 valence electrons. The van der Waals surface area contributed by atoms with Crippen LogP contribution in [-0.4, -0.2) is 55.5 Å². The maximum absolute atomic E-state index is 12.7. The van der Waals surface area contributed by atoms with E-state index in [-0.39, 0.29) is 5.91 Å². The van der Waals surface area contributed by atoms with Gasteiger partial charge in [-0.15, -0.1) is 11.3 Å². The summed E-state index contributed by atoms with van der Waals surface area (Å²) in [6.45, 7) is 4.13. The first-order chi connectivity index (χ1) is 10.0. The average Bonchev–Trinajstić information content (AvgIpc) is 3.02. The van der Waals surface area contributed by atoms with Gasteiger partial charge in [-0.2, -0.15) is 0 Å². The molecule has 1 aromatic heterocycles. The summed E-state index contributed by atoms with van der Waals surface area (Å²) in [5, 5.41) is 0. The molecule has 1 aromatic rings. The fourth-order valence-corrected chi connectivity index (χ4v) is 3.70. The first-order valence-corrected chi connectivity index (χ1v) is 8.09. The molecule has 2 rings (SSSR count). The molecule has 0 bridgehead atoms. The monoisotopic (exact) mass is 305 g/mol. The molecule has 0 saturated carbocycles. The molecule has 4 nitrogen and oxygen atoms in total. The van der Waals surface area contributed by atoms with Crippen molar-refractivity contribution in [3.05, 3.63) is 21.4 Å². The number of hydrogen-bond acceptors (Lipinski definition) is 4. The van der Waals surface area contributed by atoms with Crippen LogP contribution < -0.4 is 5.73 Å². The normalized spacial score (nSPS) is 18.0. The highest BCUT2D eigenvalue weighted by molar-refractivity contribution is 7.14. The summed E-state index contributed by atoms with van der Waals surface area (Å²) in [5.41, 5.74) is 6.47. The lowest BCUT2D eigenvalue weighted by molar-refractivity contribution is 0.0721. The Kier molecular flexibility index (Phi) is 5.40. The molecule has 0 aromatic carbocycles. The number of carbonyl (C=O) groups is 1. The van der Waals surface area contributed by atoms with Gasteiger partial charge in [0.25, 0.3) is 5.91 Å². The molecule has 1 saturated heterocycles. The number of carbonyl (C=O) groups excluding carboxylic acids is 1. The van der Waals surface area contributed by atoms with Crippen molar-refractivity contribution in [2.75, 3.05) is 33.7 Å². The van der Waals surface area contributed by atoms with Gasteiger partial charge >= 0.3 is 0 Å². The highest BCUT2D eigenvalue weighted by Crippen LogP contribution is 2.26. The second-order valence-electron chi connectivity index (χ2n) is 5.69. The average molecular weight is 305 g/mol. The number of amides is 1. The number of rotatable bonds is 3. The summed E-state index contributed by atoms with van der Waals surface area (Å²) in [5.74, 6) is 6.05. The highest BCUT2D eigenvalue weighted by Gasteiger charge is 2.30. The Morgan fingerprint density at radius 1 is 1.57 bits per heavy atom. The third-order valence-electron chi connectivity index (χ3n) is 3.65. The number of hydrogen-bond donors (Lipinski definition) is 1. The van der Waals surface area contributed by atoms with Crippen LogP contribution in [0.2, 0.25) is 0 Å². The lowest BCUT2D eigenvalue weighted by Gasteiger charge is -2.26. The lowest BCUT2D eigenvalue weighted by atomic mass is 10.2. The van der Waals surface area contributed by atoms with Gasteiger partial charge in [0.15, 0.2) is 0 Å². The van der Waals surface area contributed by atoms with Gasteiger partial charge < -0.3 is 15.5 Å². The fraction of sp³-hybridized carbons (Fsp3) is 0.562. The van der Waals surface area contributed by atoms with E-state index in [9.17, 15) is 4.79 Å². The molecule has 2 heterocycles. The Labute approximate surface area is 130 Å². The third-order valence-corrected chi connectivity index (χ3v) is 4.79. The lowest BCUT2D eigenvalue weighted by Crippen LogP contribution is -2.41. The van der Waals surface area contributed by atoms with E-state index in [2.05, 4.69) is 30.8 Å². The standard InChI is InChI=1S/C16H23N3OS/c1-12-10-15(21-14(12)7-4-8-17)16(20)19-9-5-6-13(19)11-18(2)3/h10,13H,5-6,8-9,11,17H2,1-3H3. The zero-order valence-corrected chi connectivity index (χ0v) is 13.8. The third kappa shape index (κ3) is 3.85. The van der Waals surface area contributed by atoms with Gasteiger partial charge in [0.2, 0.25) is 0 Å².